The average Bonchev–Trinajstić information content (AvgIpc) is 4.52. The van der Waals surface area contributed by atoms with Crippen molar-refractivity contribution in [3.63, 3.8) is 0 Å². The molecule has 2 N–H and O–H groups in total. The van der Waals surface area contributed by atoms with Crippen LogP contribution < -0.4 is 5.73 Å². The van der Waals surface area contributed by atoms with Gasteiger partial charge in [0.2, 0.25) is 0 Å². The predicted octanol–water partition coefficient (Wildman–Crippen LogP) is 22.5. The predicted molar refractivity (Wildman–Crippen MR) is 392 cm³/mol. The summed E-state index contributed by atoms with van der Waals surface area (Å²) in [4.78, 5) is 49.3. The van der Waals surface area contributed by atoms with Gasteiger partial charge < -0.3 is 34.0 Å². The highest BCUT2D eigenvalue weighted by molar-refractivity contribution is 9.09. The standard InChI is InChI=1S/C50H95N3O4.C22H43BrO2.C6H11N3/c1-5-9-13-17-19-27-36-47(34-25-15-11-7-3)49(54)56-44-31-23-21-29-39-52(41-33-42-53-43-38-51-46-53)40-30-22-24-32-45-57-50(55)48(35-26-16-12-8-4)37-28-20-18-14-10-6-2;1-3-5-7-9-10-14-18-21(17-13-8-6-4-2)22(24)25-20-16-12-11-15-19-23;7-2-1-4-9-5-3-8-6-9/h38,43,46-48H,5-37,39-42,44-45H2,1-4H3;21H,3-20H2,1-2H3;3,5-6H,1-2,4,7H2. The van der Waals surface area contributed by atoms with Gasteiger partial charge in [0, 0.05) is 43.2 Å². The number of rotatable bonds is 66. The van der Waals surface area contributed by atoms with Crippen LogP contribution in [0, 0.1) is 17.8 Å². The zero-order chi connectivity index (χ0) is 66.4. The fourth-order valence-electron chi connectivity index (χ4n) is 12.0. The molecule has 0 aromatic carbocycles. The fourth-order valence-corrected chi connectivity index (χ4v) is 12.4. The zero-order valence-corrected chi connectivity index (χ0v) is 62.3. The molecule has 0 saturated heterocycles. The molecule has 534 valence electrons. The Morgan fingerprint density at radius 1 is 0.363 bits per heavy atom. The summed E-state index contributed by atoms with van der Waals surface area (Å²) in [5, 5.41) is 1.07. The Labute approximate surface area is 571 Å². The third kappa shape index (κ3) is 59.5. The van der Waals surface area contributed by atoms with Crippen molar-refractivity contribution in [1.29, 1.82) is 0 Å². The Hall–Kier alpha value is -2.77. The lowest BCUT2D eigenvalue weighted by molar-refractivity contribution is -0.150. The van der Waals surface area contributed by atoms with Crippen molar-refractivity contribution in [2.75, 3.05) is 51.3 Å². The Morgan fingerprint density at radius 2 is 0.626 bits per heavy atom. The molecule has 0 aliphatic rings. The number of esters is 3. The van der Waals surface area contributed by atoms with Crippen molar-refractivity contribution in [3.8, 4) is 0 Å². The summed E-state index contributed by atoms with van der Waals surface area (Å²) >= 11 is 3.45. The molecule has 0 aliphatic heterocycles. The highest BCUT2D eigenvalue weighted by atomic mass is 79.9. The third-order valence-corrected chi connectivity index (χ3v) is 18.6. The number of hydrogen-bond acceptors (Lipinski definition) is 10. The second-order valence-electron chi connectivity index (χ2n) is 26.7. The van der Waals surface area contributed by atoms with Crippen LogP contribution in [-0.2, 0) is 41.7 Å². The number of carbonyl (C=O) groups excluding carboxylic acids is 3. The van der Waals surface area contributed by atoms with E-state index in [1.807, 2.05) is 23.3 Å². The largest absolute Gasteiger partial charge is 0.465 e. The number of nitrogens with two attached hydrogens (primary N) is 1. The lowest BCUT2D eigenvalue weighted by Crippen LogP contribution is -2.28. The van der Waals surface area contributed by atoms with Crippen LogP contribution >= 0.6 is 15.9 Å². The van der Waals surface area contributed by atoms with Crippen molar-refractivity contribution in [1.82, 2.24) is 24.0 Å². The van der Waals surface area contributed by atoms with Crippen LogP contribution in [0.5, 0.6) is 0 Å². The van der Waals surface area contributed by atoms with Gasteiger partial charge in [0.1, 0.15) is 0 Å². The number of alkyl halides is 1. The van der Waals surface area contributed by atoms with Crippen LogP contribution in [0.4, 0.5) is 0 Å². The molecule has 2 heterocycles. The van der Waals surface area contributed by atoms with Crippen LogP contribution in [-0.4, -0.2) is 93.2 Å². The first kappa shape index (κ1) is 88.2. The van der Waals surface area contributed by atoms with Crippen LogP contribution in [0.15, 0.2) is 37.4 Å². The van der Waals surface area contributed by atoms with Gasteiger partial charge in [-0.2, -0.15) is 0 Å². The molecule has 0 radical (unpaired) electrons. The van der Waals surface area contributed by atoms with E-state index in [-0.39, 0.29) is 35.7 Å². The number of aromatic nitrogens is 4. The van der Waals surface area contributed by atoms with E-state index in [0.29, 0.717) is 19.8 Å². The summed E-state index contributed by atoms with van der Waals surface area (Å²) in [5.74, 6) is 0.531. The van der Waals surface area contributed by atoms with E-state index in [1.54, 1.807) is 12.5 Å². The van der Waals surface area contributed by atoms with Gasteiger partial charge in [-0.3, -0.25) is 14.4 Å². The molecule has 0 fully saturated rings. The molecular weight excluding hydrogens is 1200 g/mol. The molecule has 0 aliphatic carbocycles. The molecule has 13 heteroatoms. The van der Waals surface area contributed by atoms with E-state index < -0.39 is 0 Å². The summed E-state index contributed by atoms with van der Waals surface area (Å²) in [6.45, 7) is 21.3. The maximum Gasteiger partial charge on any atom is 0.308 e. The van der Waals surface area contributed by atoms with Crippen molar-refractivity contribution >= 4 is 33.8 Å². The maximum absolute atomic E-state index is 13.0. The van der Waals surface area contributed by atoms with Crippen LogP contribution in [0.25, 0.3) is 0 Å². The lowest BCUT2D eigenvalue weighted by atomic mass is 9.94. The topological polar surface area (TPSA) is 144 Å². The number of imidazole rings is 2. The Kier molecular flexibility index (Phi) is 69.3. The van der Waals surface area contributed by atoms with E-state index in [4.69, 9.17) is 19.9 Å². The fraction of sp³-hybridized carbons (Fsp3) is 0.885. The normalized spacial score (nSPS) is 12.3. The van der Waals surface area contributed by atoms with Gasteiger partial charge in [-0.15, -0.1) is 0 Å². The Morgan fingerprint density at radius 3 is 0.923 bits per heavy atom. The van der Waals surface area contributed by atoms with E-state index in [1.165, 1.54) is 205 Å². The van der Waals surface area contributed by atoms with Crippen molar-refractivity contribution in [3.05, 3.63) is 37.4 Å². The Bertz CT molecular complexity index is 1700. The molecule has 0 spiro atoms. The first-order valence-corrected chi connectivity index (χ1v) is 40.3. The van der Waals surface area contributed by atoms with Gasteiger partial charge in [0.15, 0.2) is 0 Å². The quantitative estimate of drug-likeness (QED) is 0.0294. The number of hydrogen-bond donors (Lipinski definition) is 1. The first-order chi connectivity index (χ1) is 44.7. The summed E-state index contributed by atoms with van der Waals surface area (Å²) in [5.41, 5.74) is 5.31. The number of carbonyl (C=O) groups is 3. The minimum absolute atomic E-state index is 0.0628. The number of halogens is 1. The van der Waals surface area contributed by atoms with E-state index >= 15 is 0 Å². The highest BCUT2D eigenvalue weighted by Crippen LogP contribution is 2.24. The molecule has 3 unspecified atom stereocenters. The van der Waals surface area contributed by atoms with Gasteiger partial charge >= 0.3 is 17.9 Å². The molecule has 2 aromatic rings. The number of unbranched alkanes of at least 4 members (excludes halogenated alkanes) is 33. The zero-order valence-electron chi connectivity index (χ0n) is 60.8. The number of aryl methyl sites for hydroxylation is 2. The molecule has 2 aromatic heterocycles. The Balaban J connectivity index is 0.00000193. The van der Waals surface area contributed by atoms with Crippen LogP contribution in [0.2, 0.25) is 0 Å². The monoisotopic (exact) mass is 1350 g/mol. The van der Waals surface area contributed by atoms with Crippen LogP contribution in [0.3, 0.4) is 0 Å². The minimum Gasteiger partial charge on any atom is -0.465 e. The smallest absolute Gasteiger partial charge is 0.308 e. The SMILES string of the molecule is CCCCCCCCC(CCCCCC)C(=O)OCCCCCCBr.CCCCCCCCC(CCCCCC)C(=O)OCCCCCCN(CCCCCCOC(=O)C(CCCCCC)CCCCCCCC)CCCn1ccnc1.NCCCn1ccnc1. The average molecular weight is 1350 g/mol. The van der Waals surface area contributed by atoms with E-state index in [2.05, 4.69) is 83.1 Å². The van der Waals surface area contributed by atoms with E-state index in [9.17, 15) is 14.4 Å². The van der Waals surface area contributed by atoms with E-state index in [0.717, 1.165) is 160 Å². The molecule has 2 rings (SSSR count). The first-order valence-electron chi connectivity index (χ1n) is 39.1. The van der Waals surface area contributed by atoms with Gasteiger partial charge in [-0.1, -0.05) is 289 Å². The van der Waals surface area contributed by atoms with Crippen molar-refractivity contribution < 1.29 is 28.6 Å². The van der Waals surface area contributed by atoms with Crippen molar-refractivity contribution in [2.45, 2.75) is 376 Å². The number of nitrogens with zero attached hydrogens (tertiary/aromatic N) is 5. The van der Waals surface area contributed by atoms with Gasteiger partial charge in [-0.05, 0) is 116 Å². The van der Waals surface area contributed by atoms with Gasteiger partial charge in [0.05, 0.1) is 50.2 Å². The summed E-state index contributed by atoms with van der Waals surface area (Å²) in [6, 6.07) is 0. The second kappa shape index (κ2) is 71.5. The minimum atomic E-state index is 0.0628. The summed E-state index contributed by atoms with van der Waals surface area (Å²) in [7, 11) is 0. The molecule has 12 nitrogen and oxygen atoms in total. The second-order valence-corrected chi connectivity index (χ2v) is 27.5. The lowest BCUT2D eigenvalue weighted by Gasteiger charge is -2.22. The molecule has 0 amide bonds. The molecule has 91 heavy (non-hydrogen) atoms. The van der Waals surface area contributed by atoms with Gasteiger partial charge in [0.25, 0.3) is 0 Å². The molecule has 0 saturated carbocycles. The maximum atomic E-state index is 13.0. The molecular formula is C78H149BrN6O6. The number of ether oxygens (including phenoxy) is 3. The molecule has 0 bridgehead atoms. The summed E-state index contributed by atoms with van der Waals surface area (Å²) in [6.07, 6.45) is 70.8. The van der Waals surface area contributed by atoms with Crippen LogP contribution in [0.1, 0.15) is 363 Å². The van der Waals surface area contributed by atoms with Gasteiger partial charge in [-0.25, -0.2) is 9.97 Å². The van der Waals surface area contributed by atoms with Crippen molar-refractivity contribution in [2.24, 2.45) is 23.5 Å². The molecule has 3 atom stereocenters. The summed E-state index contributed by atoms with van der Waals surface area (Å²) < 4.78 is 21.5. The third-order valence-electron chi connectivity index (χ3n) is 18.1. The highest BCUT2D eigenvalue weighted by Gasteiger charge is 2.22.